The molecule has 0 aliphatic rings. The van der Waals surface area contributed by atoms with Gasteiger partial charge in [0.25, 0.3) is 0 Å². The molecule has 3 N–H and O–H groups in total. The molecule has 0 amide bonds. The standard InChI is InChI=1S/C11H12N4O/c12-5-9-1-3-10(4-2-9)7-16-8-11(6-13)15-14/h1-4,6,13H,7-8,14H2/b13-6?,15-11+. The van der Waals surface area contributed by atoms with Crippen molar-refractivity contribution in [2.45, 2.75) is 6.61 Å². The summed E-state index contributed by atoms with van der Waals surface area (Å²) in [6.07, 6.45) is 1.05. The molecule has 0 unspecified atom stereocenters. The first-order valence-electron chi connectivity index (χ1n) is 4.64. The van der Waals surface area contributed by atoms with Crippen molar-refractivity contribution in [2.75, 3.05) is 6.61 Å². The smallest absolute Gasteiger partial charge is 0.103 e. The number of hydrogen-bond donors (Lipinski definition) is 2. The van der Waals surface area contributed by atoms with E-state index in [1.807, 2.05) is 18.2 Å². The Balaban J connectivity index is 2.43. The number of hydrogen-bond acceptors (Lipinski definition) is 5. The minimum Gasteiger partial charge on any atom is -0.370 e. The van der Waals surface area contributed by atoms with Crippen molar-refractivity contribution in [3.05, 3.63) is 35.4 Å². The van der Waals surface area contributed by atoms with Gasteiger partial charge in [-0.25, -0.2) is 0 Å². The van der Waals surface area contributed by atoms with Crippen LogP contribution < -0.4 is 5.84 Å². The molecule has 0 spiro atoms. The van der Waals surface area contributed by atoms with Crippen LogP contribution in [0.2, 0.25) is 0 Å². The first-order chi connectivity index (χ1) is 7.80. The maximum atomic E-state index is 8.61. The summed E-state index contributed by atoms with van der Waals surface area (Å²) >= 11 is 0. The van der Waals surface area contributed by atoms with Crippen LogP contribution in [0.1, 0.15) is 11.1 Å². The number of benzene rings is 1. The molecule has 1 aromatic carbocycles. The summed E-state index contributed by atoms with van der Waals surface area (Å²) in [6, 6.07) is 9.14. The minimum absolute atomic E-state index is 0.208. The van der Waals surface area contributed by atoms with Crippen LogP contribution in [0.3, 0.4) is 0 Å². The number of nitrogens with two attached hydrogens (primary N) is 1. The predicted molar refractivity (Wildman–Crippen MR) is 61.2 cm³/mol. The molecule has 0 aromatic heterocycles. The molecule has 0 radical (unpaired) electrons. The van der Waals surface area contributed by atoms with Gasteiger partial charge < -0.3 is 16.0 Å². The van der Waals surface area contributed by atoms with E-state index in [1.165, 1.54) is 0 Å². The zero-order valence-corrected chi connectivity index (χ0v) is 8.68. The SMILES string of the molecule is N#Cc1ccc(COC/C(C=N)=N/N)cc1. The lowest BCUT2D eigenvalue weighted by Crippen LogP contribution is -2.12. The molecule has 5 heteroatoms. The first kappa shape index (κ1) is 11.9. The zero-order chi connectivity index (χ0) is 11.8. The molecule has 0 aliphatic heterocycles. The Morgan fingerprint density at radius 2 is 2.19 bits per heavy atom. The Morgan fingerprint density at radius 1 is 1.50 bits per heavy atom. The maximum absolute atomic E-state index is 8.61. The maximum Gasteiger partial charge on any atom is 0.103 e. The van der Waals surface area contributed by atoms with Gasteiger partial charge >= 0.3 is 0 Å². The molecule has 0 aliphatic carbocycles. The second-order valence-electron chi connectivity index (χ2n) is 3.07. The van der Waals surface area contributed by atoms with E-state index in [0.29, 0.717) is 17.9 Å². The molecular formula is C11H12N4O. The third-order valence-electron chi connectivity index (χ3n) is 1.93. The number of rotatable bonds is 5. The second-order valence-corrected chi connectivity index (χ2v) is 3.07. The molecule has 0 bridgehead atoms. The van der Waals surface area contributed by atoms with Crippen LogP contribution >= 0.6 is 0 Å². The van der Waals surface area contributed by atoms with Crippen LogP contribution in [-0.4, -0.2) is 18.5 Å². The number of ether oxygens (including phenoxy) is 1. The van der Waals surface area contributed by atoms with E-state index >= 15 is 0 Å². The summed E-state index contributed by atoms with van der Waals surface area (Å²) in [5, 5.41) is 18.9. The van der Waals surface area contributed by atoms with Gasteiger partial charge in [-0.3, -0.25) is 0 Å². The van der Waals surface area contributed by atoms with Crippen LogP contribution in [0.4, 0.5) is 0 Å². The van der Waals surface area contributed by atoms with Gasteiger partial charge in [0.05, 0.1) is 24.8 Å². The second kappa shape index (κ2) is 6.32. The summed E-state index contributed by atoms with van der Waals surface area (Å²) in [5.41, 5.74) is 1.96. The van der Waals surface area contributed by atoms with Gasteiger partial charge in [0.1, 0.15) is 5.71 Å². The summed E-state index contributed by atoms with van der Waals surface area (Å²) < 4.78 is 5.29. The Labute approximate surface area is 93.7 Å². The van der Waals surface area contributed by atoms with Crippen LogP contribution in [0.5, 0.6) is 0 Å². The molecule has 0 atom stereocenters. The molecule has 82 valence electrons. The molecule has 0 fully saturated rings. The molecule has 0 heterocycles. The number of nitrogens with zero attached hydrogens (tertiary/aromatic N) is 2. The van der Waals surface area contributed by atoms with E-state index in [-0.39, 0.29) is 6.61 Å². The van der Waals surface area contributed by atoms with Crippen molar-refractivity contribution in [1.29, 1.82) is 10.7 Å². The highest BCUT2D eigenvalue weighted by molar-refractivity contribution is 6.30. The van der Waals surface area contributed by atoms with Crippen molar-refractivity contribution in [2.24, 2.45) is 10.9 Å². The molecule has 5 nitrogen and oxygen atoms in total. The van der Waals surface area contributed by atoms with Crippen LogP contribution in [0.15, 0.2) is 29.4 Å². The third-order valence-corrected chi connectivity index (χ3v) is 1.93. The van der Waals surface area contributed by atoms with E-state index in [0.717, 1.165) is 11.8 Å². The normalized spacial score (nSPS) is 10.8. The Bertz CT molecular complexity index is 417. The molecule has 1 rings (SSSR count). The highest BCUT2D eigenvalue weighted by Gasteiger charge is 1.97. The Hall–Kier alpha value is -2.19. The molecule has 0 saturated carbocycles. The van der Waals surface area contributed by atoms with E-state index in [9.17, 15) is 0 Å². The van der Waals surface area contributed by atoms with Crippen LogP contribution in [-0.2, 0) is 11.3 Å². The number of nitrogens with one attached hydrogen (secondary N) is 1. The van der Waals surface area contributed by atoms with Gasteiger partial charge in [0, 0.05) is 6.21 Å². The summed E-state index contributed by atoms with van der Waals surface area (Å²) in [6.45, 7) is 0.610. The zero-order valence-electron chi connectivity index (χ0n) is 8.68. The number of nitriles is 1. The van der Waals surface area contributed by atoms with Crippen molar-refractivity contribution in [3.63, 3.8) is 0 Å². The van der Waals surface area contributed by atoms with Gasteiger partial charge in [0.2, 0.25) is 0 Å². The summed E-state index contributed by atoms with van der Waals surface area (Å²) in [4.78, 5) is 0. The van der Waals surface area contributed by atoms with Crippen molar-refractivity contribution >= 4 is 11.9 Å². The molecule has 1 aromatic rings. The quantitative estimate of drug-likeness (QED) is 0.437. The largest absolute Gasteiger partial charge is 0.370 e. The van der Waals surface area contributed by atoms with E-state index in [2.05, 4.69) is 5.10 Å². The fourth-order valence-corrected chi connectivity index (χ4v) is 1.07. The van der Waals surface area contributed by atoms with Gasteiger partial charge in [-0.05, 0) is 17.7 Å². The van der Waals surface area contributed by atoms with Crippen molar-refractivity contribution in [1.82, 2.24) is 0 Å². The fourth-order valence-electron chi connectivity index (χ4n) is 1.07. The minimum atomic E-state index is 0.208. The highest BCUT2D eigenvalue weighted by atomic mass is 16.5. The lowest BCUT2D eigenvalue weighted by Gasteiger charge is -2.03. The average molecular weight is 216 g/mol. The number of hydrazone groups is 1. The van der Waals surface area contributed by atoms with Crippen LogP contribution in [0, 0.1) is 16.7 Å². The van der Waals surface area contributed by atoms with Crippen molar-refractivity contribution in [3.8, 4) is 6.07 Å². The third kappa shape index (κ3) is 3.52. The van der Waals surface area contributed by atoms with E-state index in [1.54, 1.807) is 12.1 Å². The van der Waals surface area contributed by atoms with Crippen LogP contribution in [0.25, 0.3) is 0 Å². The molecule has 16 heavy (non-hydrogen) atoms. The Kier molecular flexibility index (Phi) is 4.70. The van der Waals surface area contributed by atoms with Crippen molar-refractivity contribution < 1.29 is 4.74 Å². The Morgan fingerprint density at radius 3 is 2.69 bits per heavy atom. The average Bonchev–Trinajstić information content (AvgIpc) is 2.35. The first-order valence-corrected chi connectivity index (χ1v) is 4.64. The van der Waals surface area contributed by atoms with E-state index in [4.69, 9.17) is 21.3 Å². The summed E-state index contributed by atoms with van der Waals surface area (Å²) in [7, 11) is 0. The fraction of sp³-hybridized carbons (Fsp3) is 0.182. The van der Waals surface area contributed by atoms with Gasteiger partial charge in [0.15, 0.2) is 0 Å². The van der Waals surface area contributed by atoms with Gasteiger partial charge in [-0.2, -0.15) is 10.4 Å². The van der Waals surface area contributed by atoms with E-state index < -0.39 is 0 Å². The molecule has 0 saturated heterocycles. The van der Waals surface area contributed by atoms with Gasteiger partial charge in [-0.1, -0.05) is 12.1 Å². The highest BCUT2D eigenvalue weighted by Crippen LogP contribution is 2.04. The lowest BCUT2D eigenvalue weighted by molar-refractivity contribution is 0.159. The topological polar surface area (TPSA) is 95.2 Å². The van der Waals surface area contributed by atoms with Gasteiger partial charge in [-0.15, -0.1) is 0 Å². The lowest BCUT2D eigenvalue weighted by atomic mass is 10.2. The monoisotopic (exact) mass is 216 g/mol. The predicted octanol–water partition coefficient (Wildman–Crippen LogP) is 1.04. The molecular weight excluding hydrogens is 204 g/mol. The summed E-state index contributed by atoms with van der Waals surface area (Å²) in [5.74, 6) is 5.02.